The lowest BCUT2D eigenvalue weighted by molar-refractivity contribution is 0.199. The quantitative estimate of drug-likeness (QED) is 0.676. The van der Waals surface area contributed by atoms with Gasteiger partial charge in [-0.05, 0) is 17.7 Å². The van der Waals surface area contributed by atoms with Crippen molar-refractivity contribution in [2.75, 3.05) is 33.4 Å². The summed E-state index contributed by atoms with van der Waals surface area (Å²) >= 11 is 0. The first-order valence-corrected chi connectivity index (χ1v) is 5.58. The first-order chi connectivity index (χ1) is 8.24. The molecule has 5 heteroatoms. The number of hydrogen-bond acceptors (Lipinski definition) is 3. The molecule has 0 fully saturated rings. The standard InChI is InChI=1S/C12H18F2N2O/c1-17-7-6-15-4-5-16-9-10-2-3-11(13)12(14)8-10/h2-3,8,15-16H,4-7,9H2,1H3. The van der Waals surface area contributed by atoms with Gasteiger partial charge >= 0.3 is 0 Å². The molecule has 1 aromatic rings. The molecule has 17 heavy (non-hydrogen) atoms. The van der Waals surface area contributed by atoms with E-state index < -0.39 is 11.6 Å². The van der Waals surface area contributed by atoms with Gasteiger partial charge in [-0.25, -0.2) is 8.78 Å². The van der Waals surface area contributed by atoms with E-state index in [1.165, 1.54) is 6.07 Å². The predicted molar refractivity (Wildman–Crippen MR) is 62.8 cm³/mol. The molecule has 0 aliphatic rings. The summed E-state index contributed by atoms with van der Waals surface area (Å²) in [6.07, 6.45) is 0. The Bertz CT molecular complexity index is 334. The summed E-state index contributed by atoms with van der Waals surface area (Å²) < 4.78 is 30.4. The molecule has 0 atom stereocenters. The van der Waals surface area contributed by atoms with Gasteiger partial charge in [0.2, 0.25) is 0 Å². The van der Waals surface area contributed by atoms with Gasteiger partial charge in [-0.15, -0.1) is 0 Å². The Hall–Kier alpha value is -1.04. The Morgan fingerprint density at radius 2 is 1.82 bits per heavy atom. The lowest BCUT2D eigenvalue weighted by Gasteiger charge is -2.06. The summed E-state index contributed by atoms with van der Waals surface area (Å²) in [6, 6.07) is 3.92. The van der Waals surface area contributed by atoms with Gasteiger partial charge in [0.1, 0.15) is 0 Å². The minimum absolute atomic E-state index is 0.531. The van der Waals surface area contributed by atoms with Crippen LogP contribution in [0.4, 0.5) is 8.78 Å². The first-order valence-electron chi connectivity index (χ1n) is 5.58. The molecule has 96 valence electrons. The largest absolute Gasteiger partial charge is 0.383 e. The van der Waals surface area contributed by atoms with Gasteiger partial charge in [0, 0.05) is 33.3 Å². The third kappa shape index (κ3) is 5.72. The number of nitrogens with one attached hydrogen (secondary N) is 2. The maximum atomic E-state index is 12.9. The second-order valence-electron chi connectivity index (χ2n) is 3.67. The van der Waals surface area contributed by atoms with Gasteiger partial charge in [-0.1, -0.05) is 6.07 Å². The number of rotatable bonds is 8. The molecule has 2 N–H and O–H groups in total. The highest BCUT2D eigenvalue weighted by Crippen LogP contribution is 2.07. The summed E-state index contributed by atoms with van der Waals surface area (Å²) in [5.74, 6) is -1.61. The Balaban J connectivity index is 2.11. The zero-order valence-electron chi connectivity index (χ0n) is 9.93. The van der Waals surface area contributed by atoms with Crippen LogP contribution in [-0.2, 0) is 11.3 Å². The van der Waals surface area contributed by atoms with E-state index in [1.807, 2.05) is 0 Å². The Kier molecular flexibility index (Phi) is 6.69. The highest BCUT2D eigenvalue weighted by Gasteiger charge is 2.01. The van der Waals surface area contributed by atoms with Crippen molar-refractivity contribution in [2.24, 2.45) is 0 Å². The van der Waals surface area contributed by atoms with Crippen LogP contribution < -0.4 is 10.6 Å². The van der Waals surface area contributed by atoms with Gasteiger partial charge in [-0.3, -0.25) is 0 Å². The fourth-order valence-corrected chi connectivity index (χ4v) is 1.36. The van der Waals surface area contributed by atoms with Crippen LogP contribution in [0.15, 0.2) is 18.2 Å². The van der Waals surface area contributed by atoms with E-state index in [2.05, 4.69) is 10.6 Å². The molecule has 0 aliphatic carbocycles. The van der Waals surface area contributed by atoms with E-state index in [-0.39, 0.29) is 0 Å². The third-order valence-corrected chi connectivity index (χ3v) is 2.27. The summed E-state index contributed by atoms with van der Waals surface area (Å²) in [7, 11) is 1.66. The summed E-state index contributed by atoms with van der Waals surface area (Å²) in [4.78, 5) is 0. The lowest BCUT2D eigenvalue weighted by Crippen LogP contribution is -2.29. The monoisotopic (exact) mass is 244 g/mol. The predicted octanol–water partition coefficient (Wildman–Crippen LogP) is 1.29. The van der Waals surface area contributed by atoms with Gasteiger partial charge in [0.05, 0.1) is 6.61 Å². The molecular formula is C12H18F2N2O. The summed E-state index contributed by atoms with van der Waals surface area (Å²) in [5.41, 5.74) is 0.737. The van der Waals surface area contributed by atoms with Crippen molar-refractivity contribution >= 4 is 0 Å². The highest BCUT2D eigenvalue weighted by molar-refractivity contribution is 5.17. The van der Waals surface area contributed by atoms with Crippen molar-refractivity contribution in [3.63, 3.8) is 0 Å². The maximum absolute atomic E-state index is 12.9. The second-order valence-corrected chi connectivity index (χ2v) is 3.67. The van der Waals surface area contributed by atoms with Gasteiger partial charge in [-0.2, -0.15) is 0 Å². The SMILES string of the molecule is COCCNCCNCc1ccc(F)c(F)c1. The van der Waals surface area contributed by atoms with E-state index in [0.717, 1.165) is 31.3 Å². The number of benzene rings is 1. The van der Waals surface area contributed by atoms with Crippen LogP contribution in [0.2, 0.25) is 0 Å². The minimum atomic E-state index is -0.810. The minimum Gasteiger partial charge on any atom is -0.383 e. The Morgan fingerprint density at radius 3 is 2.53 bits per heavy atom. The molecule has 0 aliphatic heterocycles. The lowest BCUT2D eigenvalue weighted by atomic mass is 10.2. The molecule has 0 saturated carbocycles. The van der Waals surface area contributed by atoms with Crippen molar-refractivity contribution in [1.82, 2.24) is 10.6 Å². The van der Waals surface area contributed by atoms with E-state index in [0.29, 0.717) is 13.2 Å². The van der Waals surface area contributed by atoms with Crippen LogP contribution in [-0.4, -0.2) is 33.4 Å². The van der Waals surface area contributed by atoms with Crippen molar-refractivity contribution < 1.29 is 13.5 Å². The Labute approximate surface area is 100 Å². The molecule has 0 spiro atoms. The average molecular weight is 244 g/mol. The van der Waals surface area contributed by atoms with Crippen LogP contribution in [0.3, 0.4) is 0 Å². The van der Waals surface area contributed by atoms with Crippen LogP contribution in [0, 0.1) is 11.6 Å². The van der Waals surface area contributed by atoms with E-state index in [1.54, 1.807) is 13.2 Å². The molecule has 3 nitrogen and oxygen atoms in total. The van der Waals surface area contributed by atoms with Crippen LogP contribution >= 0.6 is 0 Å². The molecule has 0 amide bonds. The maximum Gasteiger partial charge on any atom is 0.159 e. The molecule has 0 bridgehead atoms. The molecule has 0 saturated heterocycles. The van der Waals surface area contributed by atoms with Gasteiger partial charge < -0.3 is 15.4 Å². The molecule has 0 unspecified atom stereocenters. The molecule has 1 aromatic carbocycles. The Morgan fingerprint density at radius 1 is 1.06 bits per heavy atom. The fourth-order valence-electron chi connectivity index (χ4n) is 1.36. The van der Waals surface area contributed by atoms with Crippen molar-refractivity contribution in [1.29, 1.82) is 0 Å². The smallest absolute Gasteiger partial charge is 0.159 e. The summed E-state index contributed by atoms with van der Waals surface area (Å²) in [6.45, 7) is 3.60. The van der Waals surface area contributed by atoms with Crippen LogP contribution in [0.1, 0.15) is 5.56 Å². The number of methoxy groups -OCH3 is 1. The van der Waals surface area contributed by atoms with E-state index in [4.69, 9.17) is 4.74 Å². The van der Waals surface area contributed by atoms with Crippen molar-refractivity contribution in [3.05, 3.63) is 35.4 Å². The third-order valence-electron chi connectivity index (χ3n) is 2.27. The van der Waals surface area contributed by atoms with Gasteiger partial charge in [0.25, 0.3) is 0 Å². The van der Waals surface area contributed by atoms with E-state index >= 15 is 0 Å². The summed E-state index contributed by atoms with van der Waals surface area (Å²) in [5, 5.41) is 6.30. The van der Waals surface area contributed by atoms with Crippen LogP contribution in [0.25, 0.3) is 0 Å². The normalized spacial score (nSPS) is 10.8. The fraction of sp³-hybridized carbons (Fsp3) is 0.500. The molecule has 1 rings (SSSR count). The highest BCUT2D eigenvalue weighted by atomic mass is 19.2. The number of halogens is 2. The molecule has 0 radical (unpaired) electrons. The van der Waals surface area contributed by atoms with Crippen LogP contribution in [0.5, 0.6) is 0 Å². The average Bonchev–Trinajstić information content (AvgIpc) is 2.32. The zero-order valence-corrected chi connectivity index (χ0v) is 9.93. The zero-order chi connectivity index (χ0) is 12.5. The number of ether oxygens (including phenoxy) is 1. The molecular weight excluding hydrogens is 226 g/mol. The molecule has 0 heterocycles. The van der Waals surface area contributed by atoms with E-state index in [9.17, 15) is 8.78 Å². The molecule has 0 aromatic heterocycles. The number of hydrogen-bond donors (Lipinski definition) is 2. The first kappa shape index (κ1) is 14.0. The second kappa shape index (κ2) is 8.11. The van der Waals surface area contributed by atoms with Crippen molar-refractivity contribution in [3.8, 4) is 0 Å². The van der Waals surface area contributed by atoms with Crippen molar-refractivity contribution in [2.45, 2.75) is 6.54 Å². The van der Waals surface area contributed by atoms with Gasteiger partial charge in [0.15, 0.2) is 11.6 Å². The topological polar surface area (TPSA) is 33.3 Å².